The molecule has 1 aromatic rings. The molecule has 7 heteroatoms. The number of halogens is 1. The highest BCUT2D eigenvalue weighted by atomic mass is 19.1. The van der Waals surface area contributed by atoms with Gasteiger partial charge in [-0.3, -0.25) is 0 Å². The molecule has 0 aliphatic heterocycles. The van der Waals surface area contributed by atoms with E-state index >= 15 is 0 Å². The fourth-order valence-electron chi connectivity index (χ4n) is 1.54. The average Bonchev–Trinajstić information content (AvgIpc) is 2.53. The second-order valence-electron chi connectivity index (χ2n) is 4.02. The molecule has 0 spiro atoms. The van der Waals surface area contributed by atoms with E-state index in [9.17, 15) is 4.39 Å². The Kier molecular flexibility index (Phi) is 6.92. The van der Waals surface area contributed by atoms with Crippen LogP contribution in [-0.2, 0) is 4.74 Å². The van der Waals surface area contributed by atoms with Crippen LogP contribution in [0.15, 0.2) is 29.5 Å². The molecule has 0 unspecified atom stereocenters. The molecule has 0 fully saturated rings. The molecular weight excluding hydrogens is 287 g/mol. The highest BCUT2D eigenvalue weighted by molar-refractivity contribution is 5.65. The number of methoxy groups -OCH3 is 1. The van der Waals surface area contributed by atoms with Crippen LogP contribution in [0.1, 0.15) is 6.42 Å². The van der Waals surface area contributed by atoms with Crippen molar-refractivity contribution < 1.29 is 13.9 Å². The van der Waals surface area contributed by atoms with E-state index in [4.69, 9.17) is 25.3 Å². The van der Waals surface area contributed by atoms with Gasteiger partial charge in [0.2, 0.25) is 0 Å². The van der Waals surface area contributed by atoms with Crippen LogP contribution in [0.25, 0.3) is 0 Å². The van der Waals surface area contributed by atoms with Crippen molar-refractivity contribution in [1.82, 2.24) is 0 Å². The van der Waals surface area contributed by atoms with Crippen molar-refractivity contribution in [3.05, 3.63) is 35.3 Å². The lowest BCUT2D eigenvalue weighted by atomic mass is 10.2. The molecule has 1 aromatic carbocycles. The number of hydrogen-bond donors (Lipinski definition) is 1. The van der Waals surface area contributed by atoms with Crippen molar-refractivity contribution in [3.8, 4) is 24.0 Å². The summed E-state index contributed by atoms with van der Waals surface area (Å²) in [6.07, 6.45) is 0.606. The van der Waals surface area contributed by atoms with Crippen LogP contribution in [-0.4, -0.2) is 20.3 Å². The predicted octanol–water partition coefficient (Wildman–Crippen LogP) is 2.48. The molecule has 0 saturated carbocycles. The summed E-state index contributed by atoms with van der Waals surface area (Å²) in [7, 11) is 1.56. The second-order valence-corrected chi connectivity index (χ2v) is 4.02. The smallest absolute Gasteiger partial charge is 0.163 e. The predicted molar refractivity (Wildman–Crippen MR) is 75.9 cm³/mol. The van der Waals surface area contributed by atoms with Gasteiger partial charge < -0.3 is 14.8 Å². The van der Waals surface area contributed by atoms with Crippen LogP contribution in [0.4, 0.5) is 10.1 Å². The van der Waals surface area contributed by atoms with Crippen molar-refractivity contribution in [2.75, 3.05) is 25.6 Å². The lowest BCUT2D eigenvalue weighted by molar-refractivity contribution is 0.172. The Morgan fingerprint density at radius 3 is 2.50 bits per heavy atom. The SMILES string of the molecule is COCCCOc1cccc(F)c1NC(C#N)=C(C#N)C#N. The van der Waals surface area contributed by atoms with Crippen LogP contribution in [0.3, 0.4) is 0 Å². The zero-order chi connectivity index (χ0) is 16.4. The molecule has 0 aromatic heterocycles. The number of anilines is 1. The number of allylic oxidation sites excluding steroid dienone is 2. The number of nitrogens with one attached hydrogen (secondary N) is 1. The maximum Gasteiger partial charge on any atom is 0.163 e. The molecular formula is C15H13FN4O2. The van der Waals surface area contributed by atoms with E-state index in [0.29, 0.717) is 19.6 Å². The topological polar surface area (TPSA) is 102 Å². The molecule has 0 atom stereocenters. The molecule has 0 radical (unpaired) electrons. The van der Waals surface area contributed by atoms with Gasteiger partial charge >= 0.3 is 0 Å². The van der Waals surface area contributed by atoms with Gasteiger partial charge in [0.1, 0.15) is 41.2 Å². The van der Waals surface area contributed by atoms with Gasteiger partial charge in [-0.05, 0) is 12.1 Å². The van der Waals surface area contributed by atoms with Crippen LogP contribution >= 0.6 is 0 Å². The second kappa shape index (κ2) is 8.97. The Morgan fingerprint density at radius 2 is 1.91 bits per heavy atom. The molecule has 112 valence electrons. The van der Waals surface area contributed by atoms with Crippen LogP contribution in [0, 0.1) is 39.8 Å². The molecule has 0 amide bonds. The normalized spacial score (nSPS) is 9.05. The molecule has 1 N–H and O–H groups in total. The minimum absolute atomic E-state index is 0.0977. The number of benzene rings is 1. The minimum atomic E-state index is -0.660. The van der Waals surface area contributed by atoms with Crippen molar-refractivity contribution in [1.29, 1.82) is 15.8 Å². The molecule has 1 rings (SSSR count). The van der Waals surface area contributed by atoms with Gasteiger partial charge in [-0.15, -0.1) is 0 Å². The standard InChI is InChI=1S/C15H13FN4O2/c1-21-6-3-7-22-14-5-2-4-12(16)15(14)20-13(10-19)11(8-17)9-18/h2,4-5,20H,3,6-7H2,1H3. The molecule has 0 heterocycles. The summed E-state index contributed by atoms with van der Waals surface area (Å²) >= 11 is 0. The van der Waals surface area contributed by atoms with E-state index in [1.807, 2.05) is 0 Å². The number of rotatable bonds is 7. The molecule has 0 aliphatic rings. The first kappa shape index (κ1) is 17.0. The third-order valence-electron chi connectivity index (χ3n) is 2.56. The Bertz CT molecular complexity index is 664. The fourth-order valence-corrected chi connectivity index (χ4v) is 1.54. The van der Waals surface area contributed by atoms with Gasteiger partial charge in [-0.25, -0.2) is 4.39 Å². The summed E-state index contributed by atoms with van der Waals surface area (Å²) in [4.78, 5) is 0. The van der Waals surface area contributed by atoms with E-state index in [2.05, 4.69) is 5.32 Å². The summed E-state index contributed by atoms with van der Waals surface area (Å²) in [6, 6.07) is 8.97. The van der Waals surface area contributed by atoms with Crippen molar-refractivity contribution in [3.63, 3.8) is 0 Å². The summed E-state index contributed by atoms with van der Waals surface area (Å²) in [5.41, 5.74) is -0.868. The minimum Gasteiger partial charge on any atom is -0.491 e. The first-order valence-corrected chi connectivity index (χ1v) is 6.29. The number of ether oxygens (including phenoxy) is 2. The van der Waals surface area contributed by atoms with Crippen LogP contribution < -0.4 is 10.1 Å². The van der Waals surface area contributed by atoms with E-state index in [1.54, 1.807) is 25.3 Å². The van der Waals surface area contributed by atoms with Crippen molar-refractivity contribution in [2.24, 2.45) is 0 Å². The number of nitriles is 3. The van der Waals surface area contributed by atoms with Crippen molar-refractivity contribution >= 4 is 5.69 Å². The Balaban J connectivity index is 3.04. The summed E-state index contributed by atoms with van der Waals surface area (Å²) in [6.45, 7) is 0.787. The third kappa shape index (κ3) is 4.49. The van der Waals surface area contributed by atoms with Gasteiger partial charge in [0.05, 0.1) is 6.61 Å². The molecule has 22 heavy (non-hydrogen) atoms. The van der Waals surface area contributed by atoms with Gasteiger partial charge in [-0.2, -0.15) is 15.8 Å². The van der Waals surface area contributed by atoms with Crippen molar-refractivity contribution in [2.45, 2.75) is 6.42 Å². The zero-order valence-electron chi connectivity index (χ0n) is 11.9. The zero-order valence-corrected chi connectivity index (χ0v) is 11.9. The first-order valence-electron chi connectivity index (χ1n) is 6.29. The number of hydrogen-bond acceptors (Lipinski definition) is 6. The maximum atomic E-state index is 13.9. The third-order valence-corrected chi connectivity index (χ3v) is 2.56. The molecule has 0 aliphatic carbocycles. The largest absolute Gasteiger partial charge is 0.491 e. The lowest BCUT2D eigenvalue weighted by Crippen LogP contribution is -2.07. The van der Waals surface area contributed by atoms with Gasteiger partial charge in [-0.1, -0.05) is 6.07 Å². The Hall–Kier alpha value is -3.08. The van der Waals surface area contributed by atoms with Crippen LogP contribution in [0.2, 0.25) is 0 Å². The fraction of sp³-hybridized carbons (Fsp3) is 0.267. The number of para-hydroxylation sites is 1. The highest BCUT2D eigenvalue weighted by Crippen LogP contribution is 2.29. The molecule has 6 nitrogen and oxygen atoms in total. The monoisotopic (exact) mass is 300 g/mol. The van der Waals surface area contributed by atoms with Gasteiger partial charge in [0.15, 0.2) is 5.57 Å². The van der Waals surface area contributed by atoms with Gasteiger partial charge in [0.25, 0.3) is 0 Å². The Morgan fingerprint density at radius 1 is 1.18 bits per heavy atom. The van der Waals surface area contributed by atoms with Crippen LogP contribution in [0.5, 0.6) is 5.75 Å². The van der Waals surface area contributed by atoms with E-state index in [1.165, 1.54) is 18.2 Å². The van der Waals surface area contributed by atoms with E-state index in [0.717, 1.165) is 0 Å². The summed E-state index contributed by atoms with van der Waals surface area (Å²) in [5, 5.41) is 29.0. The first-order chi connectivity index (χ1) is 10.7. The quantitative estimate of drug-likeness (QED) is 0.613. The van der Waals surface area contributed by atoms with E-state index in [-0.39, 0.29) is 17.1 Å². The average molecular weight is 300 g/mol. The maximum absolute atomic E-state index is 13.9. The van der Waals surface area contributed by atoms with E-state index < -0.39 is 11.4 Å². The Labute approximate surface area is 127 Å². The molecule has 0 saturated heterocycles. The summed E-state index contributed by atoms with van der Waals surface area (Å²) in [5.74, 6) is -0.480. The molecule has 0 bridgehead atoms. The van der Waals surface area contributed by atoms with Gasteiger partial charge in [0, 0.05) is 20.1 Å². The lowest BCUT2D eigenvalue weighted by Gasteiger charge is -2.13. The summed E-state index contributed by atoms with van der Waals surface area (Å²) < 4.78 is 24.2. The highest BCUT2D eigenvalue weighted by Gasteiger charge is 2.14. The number of nitrogens with zero attached hydrogens (tertiary/aromatic N) is 3.